The zero-order valence-corrected chi connectivity index (χ0v) is 13.9. The Kier molecular flexibility index (Phi) is 6.96. The van der Waals surface area contributed by atoms with Crippen LogP contribution in [0.2, 0.25) is 0 Å². The Balaban J connectivity index is 0.00000116. The van der Waals surface area contributed by atoms with E-state index in [4.69, 9.17) is 0 Å². The predicted molar refractivity (Wildman–Crippen MR) is 92.7 cm³/mol. The van der Waals surface area contributed by atoms with Gasteiger partial charge in [0, 0.05) is 25.3 Å². The summed E-state index contributed by atoms with van der Waals surface area (Å²) in [7, 11) is 3.99. The molecule has 0 atom stereocenters. The zero-order chi connectivity index (χ0) is 16.5. The maximum Gasteiger partial charge on any atom is 0.159 e. The lowest BCUT2D eigenvalue weighted by Gasteiger charge is -2.11. The molecule has 0 unspecified atom stereocenters. The lowest BCUT2D eigenvalue weighted by Crippen LogP contribution is -2.07. The van der Waals surface area contributed by atoms with Gasteiger partial charge in [-0.2, -0.15) is 10.2 Å². The van der Waals surface area contributed by atoms with Crippen molar-refractivity contribution in [1.82, 2.24) is 0 Å². The highest BCUT2D eigenvalue weighted by Gasteiger charge is 1.98. The van der Waals surface area contributed by atoms with Crippen molar-refractivity contribution in [2.45, 2.75) is 20.8 Å². The van der Waals surface area contributed by atoms with E-state index < -0.39 is 0 Å². The Morgan fingerprint density at radius 3 is 1.59 bits per heavy atom. The van der Waals surface area contributed by atoms with E-state index >= 15 is 0 Å². The first-order chi connectivity index (χ1) is 10.6. The van der Waals surface area contributed by atoms with Gasteiger partial charge in [0.05, 0.1) is 11.4 Å². The third-order valence-electron chi connectivity index (χ3n) is 2.92. The quantitative estimate of drug-likeness (QED) is 0.560. The minimum Gasteiger partial charge on any atom is -0.378 e. The van der Waals surface area contributed by atoms with Crippen molar-refractivity contribution in [3.8, 4) is 0 Å². The normalized spacial score (nSPS) is 10.0. The number of Topliss-reactive ketones (excluding diaryl/α,β-unsaturated/α-hetero) is 1. The van der Waals surface area contributed by atoms with Crippen LogP contribution in [0.1, 0.15) is 31.1 Å². The van der Waals surface area contributed by atoms with Crippen molar-refractivity contribution < 1.29 is 4.79 Å². The Morgan fingerprint density at radius 1 is 0.818 bits per heavy atom. The van der Waals surface area contributed by atoms with E-state index in [1.807, 2.05) is 57.1 Å². The van der Waals surface area contributed by atoms with E-state index in [1.54, 1.807) is 31.2 Å². The maximum atomic E-state index is 11.2. The Labute approximate surface area is 132 Å². The topological polar surface area (TPSA) is 45.0 Å². The first-order valence-electron chi connectivity index (χ1n) is 7.36. The number of azo groups is 1. The van der Waals surface area contributed by atoms with Crippen LogP contribution in [0.5, 0.6) is 0 Å². The van der Waals surface area contributed by atoms with Crippen molar-refractivity contribution in [1.29, 1.82) is 0 Å². The monoisotopic (exact) mass is 297 g/mol. The van der Waals surface area contributed by atoms with Gasteiger partial charge in [-0.15, -0.1) is 0 Å². The molecule has 0 aliphatic rings. The highest BCUT2D eigenvalue weighted by Crippen LogP contribution is 2.21. The van der Waals surface area contributed by atoms with E-state index in [0.29, 0.717) is 5.56 Å². The minimum absolute atomic E-state index is 0.0489. The van der Waals surface area contributed by atoms with Crippen LogP contribution in [0.3, 0.4) is 0 Å². The number of nitrogens with zero attached hydrogens (tertiary/aromatic N) is 3. The van der Waals surface area contributed by atoms with Crippen LogP contribution < -0.4 is 4.90 Å². The van der Waals surface area contributed by atoms with Crippen molar-refractivity contribution in [2.75, 3.05) is 19.0 Å². The number of ketones is 1. The molecule has 2 aromatic rings. The van der Waals surface area contributed by atoms with Gasteiger partial charge < -0.3 is 4.90 Å². The molecule has 0 saturated carbocycles. The molecule has 0 amide bonds. The van der Waals surface area contributed by atoms with Gasteiger partial charge in [-0.05, 0) is 55.5 Å². The minimum atomic E-state index is 0.0489. The largest absolute Gasteiger partial charge is 0.378 e. The number of hydrogen-bond acceptors (Lipinski definition) is 4. The van der Waals surface area contributed by atoms with Crippen molar-refractivity contribution in [3.63, 3.8) is 0 Å². The summed E-state index contributed by atoms with van der Waals surface area (Å²) < 4.78 is 0. The lowest BCUT2D eigenvalue weighted by molar-refractivity contribution is 0.101. The van der Waals surface area contributed by atoms with Gasteiger partial charge in [-0.3, -0.25) is 4.79 Å². The van der Waals surface area contributed by atoms with Crippen LogP contribution >= 0.6 is 0 Å². The molecule has 0 heterocycles. The standard InChI is InChI=1S/C16H17N3O.C2H6/c1-12(20)13-4-6-14(7-5-13)17-18-15-8-10-16(11-9-15)19(2)3;1-2/h4-11H,1-3H3;1-2H3. The third-order valence-corrected chi connectivity index (χ3v) is 2.92. The maximum absolute atomic E-state index is 11.2. The van der Waals surface area contributed by atoms with Crippen molar-refractivity contribution in [3.05, 3.63) is 54.1 Å². The van der Waals surface area contributed by atoms with Gasteiger partial charge in [0.2, 0.25) is 0 Å². The van der Waals surface area contributed by atoms with Crippen LogP contribution in [0, 0.1) is 0 Å². The molecule has 4 nitrogen and oxygen atoms in total. The second-order valence-electron chi connectivity index (χ2n) is 4.71. The molecular formula is C18H23N3O. The molecule has 0 radical (unpaired) electrons. The van der Waals surface area contributed by atoms with Gasteiger partial charge in [0.15, 0.2) is 5.78 Å². The average Bonchev–Trinajstić information content (AvgIpc) is 2.55. The van der Waals surface area contributed by atoms with E-state index in [9.17, 15) is 4.79 Å². The fourth-order valence-electron chi connectivity index (χ4n) is 1.70. The Hall–Kier alpha value is -2.49. The van der Waals surface area contributed by atoms with Crippen molar-refractivity contribution >= 4 is 22.8 Å². The molecule has 0 saturated heterocycles. The molecule has 4 heteroatoms. The van der Waals surface area contributed by atoms with E-state index in [1.165, 1.54) is 0 Å². The molecule has 0 spiro atoms. The summed E-state index contributed by atoms with van der Waals surface area (Å²) in [4.78, 5) is 13.2. The third kappa shape index (κ3) is 5.13. The van der Waals surface area contributed by atoms with E-state index in [-0.39, 0.29) is 5.78 Å². The van der Waals surface area contributed by atoms with Gasteiger partial charge in [0.1, 0.15) is 0 Å². The van der Waals surface area contributed by atoms with Gasteiger partial charge in [0.25, 0.3) is 0 Å². The number of carbonyl (C=O) groups is 1. The Bertz CT molecular complexity index is 614. The molecule has 0 bridgehead atoms. The highest BCUT2D eigenvalue weighted by molar-refractivity contribution is 5.94. The fourth-order valence-corrected chi connectivity index (χ4v) is 1.70. The van der Waals surface area contributed by atoms with Gasteiger partial charge in [-0.1, -0.05) is 13.8 Å². The summed E-state index contributed by atoms with van der Waals surface area (Å²) in [5.41, 5.74) is 3.33. The SMILES string of the molecule is CC.CC(=O)c1ccc(N=Nc2ccc(N(C)C)cc2)cc1. The summed E-state index contributed by atoms with van der Waals surface area (Å²) in [5.74, 6) is 0.0489. The molecule has 116 valence electrons. The Morgan fingerprint density at radius 2 is 1.23 bits per heavy atom. The van der Waals surface area contributed by atoms with Gasteiger partial charge >= 0.3 is 0 Å². The second kappa shape index (κ2) is 8.72. The van der Waals surface area contributed by atoms with Crippen LogP contribution in [0.25, 0.3) is 0 Å². The summed E-state index contributed by atoms with van der Waals surface area (Å²) >= 11 is 0. The smallest absolute Gasteiger partial charge is 0.159 e. The highest BCUT2D eigenvalue weighted by atomic mass is 16.1. The number of rotatable bonds is 4. The molecular weight excluding hydrogens is 274 g/mol. The lowest BCUT2D eigenvalue weighted by atomic mass is 10.1. The fraction of sp³-hybridized carbons (Fsp3) is 0.278. The number of benzene rings is 2. The summed E-state index contributed by atoms with van der Waals surface area (Å²) in [6.07, 6.45) is 0. The number of hydrogen-bond donors (Lipinski definition) is 0. The van der Waals surface area contributed by atoms with Crippen LogP contribution in [-0.2, 0) is 0 Å². The number of anilines is 1. The summed E-state index contributed by atoms with van der Waals surface area (Å²) in [6, 6.07) is 14.9. The second-order valence-corrected chi connectivity index (χ2v) is 4.71. The van der Waals surface area contributed by atoms with Crippen LogP contribution in [-0.4, -0.2) is 19.9 Å². The van der Waals surface area contributed by atoms with Crippen LogP contribution in [0.15, 0.2) is 58.8 Å². The number of carbonyl (C=O) groups excluding carboxylic acids is 1. The zero-order valence-electron chi connectivity index (χ0n) is 13.9. The predicted octanol–water partition coefficient (Wildman–Crippen LogP) is 5.40. The first-order valence-corrected chi connectivity index (χ1v) is 7.36. The van der Waals surface area contributed by atoms with Crippen molar-refractivity contribution in [2.24, 2.45) is 10.2 Å². The molecule has 0 aromatic heterocycles. The average molecular weight is 297 g/mol. The van der Waals surface area contributed by atoms with Crippen LogP contribution in [0.4, 0.5) is 17.1 Å². The summed E-state index contributed by atoms with van der Waals surface area (Å²) in [5, 5.41) is 8.32. The molecule has 0 fully saturated rings. The molecule has 0 aliphatic carbocycles. The van der Waals surface area contributed by atoms with E-state index in [2.05, 4.69) is 10.2 Å². The molecule has 22 heavy (non-hydrogen) atoms. The van der Waals surface area contributed by atoms with E-state index in [0.717, 1.165) is 17.1 Å². The molecule has 2 rings (SSSR count). The molecule has 2 aromatic carbocycles. The molecule has 0 aliphatic heterocycles. The summed E-state index contributed by atoms with van der Waals surface area (Å²) in [6.45, 7) is 5.54. The first kappa shape index (κ1) is 17.6. The van der Waals surface area contributed by atoms with Gasteiger partial charge in [-0.25, -0.2) is 0 Å². The molecule has 0 N–H and O–H groups in total.